The standard InChI is InChI=1S/C20H17N3O3/c1-2-26-20(25)19-22-17(12-7-9-21-10-8-12)18(23-19)14-3-5-15-13(11-14)4-6-16(15)24/h3,5,7-11,19H,2,4,6H2,1H3. The fourth-order valence-electron chi connectivity index (χ4n) is 3.25. The zero-order chi connectivity index (χ0) is 18.1. The van der Waals surface area contributed by atoms with E-state index in [0.29, 0.717) is 17.8 Å². The summed E-state index contributed by atoms with van der Waals surface area (Å²) in [4.78, 5) is 37.0. The van der Waals surface area contributed by atoms with E-state index >= 15 is 0 Å². The van der Waals surface area contributed by atoms with E-state index in [1.165, 1.54) is 0 Å². The topological polar surface area (TPSA) is 81.0 Å². The molecule has 0 saturated carbocycles. The van der Waals surface area contributed by atoms with Crippen LogP contribution in [0.3, 0.4) is 0 Å². The van der Waals surface area contributed by atoms with Gasteiger partial charge in [0.25, 0.3) is 0 Å². The molecule has 2 aromatic rings. The summed E-state index contributed by atoms with van der Waals surface area (Å²) in [6.45, 7) is 2.03. The maximum absolute atomic E-state index is 12.1. The molecule has 0 amide bonds. The highest BCUT2D eigenvalue weighted by Gasteiger charge is 2.30. The van der Waals surface area contributed by atoms with Gasteiger partial charge in [-0.1, -0.05) is 12.1 Å². The number of aryl methyl sites for hydroxylation is 1. The molecule has 0 radical (unpaired) electrons. The summed E-state index contributed by atoms with van der Waals surface area (Å²) in [7, 11) is 0. The monoisotopic (exact) mass is 347 g/mol. The van der Waals surface area contributed by atoms with Crippen LogP contribution in [0.15, 0.2) is 52.7 Å². The highest BCUT2D eigenvalue weighted by atomic mass is 16.5. The van der Waals surface area contributed by atoms with Crippen LogP contribution in [-0.2, 0) is 16.0 Å². The van der Waals surface area contributed by atoms with Crippen LogP contribution < -0.4 is 0 Å². The number of nitrogens with zero attached hydrogens (tertiary/aromatic N) is 3. The number of carbonyl (C=O) groups excluding carboxylic acids is 2. The van der Waals surface area contributed by atoms with Crippen LogP contribution in [0.1, 0.15) is 40.4 Å². The van der Waals surface area contributed by atoms with Crippen molar-refractivity contribution in [2.45, 2.75) is 25.9 Å². The quantitative estimate of drug-likeness (QED) is 0.795. The number of carbonyl (C=O) groups is 2. The molecular weight excluding hydrogens is 330 g/mol. The number of fused-ring (bicyclic) bond motifs is 1. The van der Waals surface area contributed by atoms with Gasteiger partial charge >= 0.3 is 5.97 Å². The van der Waals surface area contributed by atoms with Crippen LogP contribution in [0.5, 0.6) is 0 Å². The zero-order valence-corrected chi connectivity index (χ0v) is 14.3. The molecule has 2 heterocycles. The van der Waals surface area contributed by atoms with Crippen molar-refractivity contribution < 1.29 is 14.3 Å². The van der Waals surface area contributed by atoms with E-state index in [9.17, 15) is 9.59 Å². The smallest absolute Gasteiger partial charge is 0.353 e. The second kappa shape index (κ2) is 6.63. The molecule has 6 heteroatoms. The van der Waals surface area contributed by atoms with Crippen molar-refractivity contribution >= 4 is 23.2 Å². The Kier molecular flexibility index (Phi) is 4.16. The van der Waals surface area contributed by atoms with Crippen LogP contribution in [0.2, 0.25) is 0 Å². The molecule has 0 saturated heterocycles. The number of hydrogen-bond acceptors (Lipinski definition) is 6. The van der Waals surface area contributed by atoms with Crippen molar-refractivity contribution in [3.8, 4) is 0 Å². The van der Waals surface area contributed by atoms with Crippen LogP contribution in [0, 0.1) is 0 Å². The van der Waals surface area contributed by atoms with Gasteiger partial charge in [0.15, 0.2) is 5.78 Å². The largest absolute Gasteiger partial charge is 0.463 e. The number of Topliss-reactive ketones (excluding diaryl/α,β-unsaturated/α-hetero) is 1. The average molecular weight is 347 g/mol. The number of ether oxygens (including phenoxy) is 1. The minimum Gasteiger partial charge on any atom is -0.463 e. The van der Waals surface area contributed by atoms with E-state index in [2.05, 4.69) is 15.0 Å². The van der Waals surface area contributed by atoms with Crippen molar-refractivity contribution in [3.05, 3.63) is 65.0 Å². The van der Waals surface area contributed by atoms with E-state index in [4.69, 9.17) is 4.74 Å². The molecule has 1 aromatic carbocycles. The summed E-state index contributed by atoms with van der Waals surface area (Å²) in [5, 5.41) is 0. The van der Waals surface area contributed by atoms with Crippen molar-refractivity contribution in [3.63, 3.8) is 0 Å². The zero-order valence-electron chi connectivity index (χ0n) is 14.3. The number of benzene rings is 1. The Labute approximate surface area is 150 Å². The van der Waals surface area contributed by atoms with Gasteiger partial charge in [-0.25, -0.2) is 14.8 Å². The highest BCUT2D eigenvalue weighted by Crippen LogP contribution is 2.26. The predicted octanol–water partition coefficient (Wildman–Crippen LogP) is 2.39. The minimum atomic E-state index is -0.900. The second-order valence-electron chi connectivity index (χ2n) is 6.11. The third-order valence-corrected chi connectivity index (χ3v) is 4.48. The van der Waals surface area contributed by atoms with Crippen LogP contribution in [0.25, 0.3) is 0 Å². The maximum Gasteiger partial charge on any atom is 0.353 e. The minimum absolute atomic E-state index is 0.173. The Morgan fingerprint density at radius 1 is 1.08 bits per heavy atom. The molecule has 0 N–H and O–H groups in total. The van der Waals surface area contributed by atoms with Gasteiger partial charge in [0.1, 0.15) is 0 Å². The number of pyridine rings is 1. The lowest BCUT2D eigenvalue weighted by Crippen LogP contribution is -2.17. The predicted molar refractivity (Wildman–Crippen MR) is 96.8 cm³/mol. The van der Waals surface area contributed by atoms with Gasteiger partial charge in [-0.15, -0.1) is 0 Å². The molecule has 0 bridgehead atoms. The third kappa shape index (κ3) is 2.83. The summed E-state index contributed by atoms with van der Waals surface area (Å²) in [6, 6.07) is 9.34. The molecule has 1 aromatic heterocycles. The first-order valence-corrected chi connectivity index (χ1v) is 8.57. The normalized spacial score (nSPS) is 18.3. The molecule has 0 spiro atoms. The Morgan fingerprint density at radius 2 is 1.81 bits per heavy atom. The number of esters is 1. The lowest BCUT2D eigenvalue weighted by atomic mass is 9.97. The van der Waals surface area contributed by atoms with Crippen LogP contribution in [-0.4, -0.2) is 40.9 Å². The summed E-state index contributed by atoms with van der Waals surface area (Å²) >= 11 is 0. The first-order chi connectivity index (χ1) is 12.7. The van der Waals surface area contributed by atoms with E-state index in [0.717, 1.165) is 28.7 Å². The van der Waals surface area contributed by atoms with Gasteiger partial charge in [-0.05, 0) is 37.1 Å². The van der Waals surface area contributed by atoms with Gasteiger partial charge in [0, 0.05) is 35.5 Å². The summed E-state index contributed by atoms with van der Waals surface area (Å²) in [5.41, 5.74) is 4.75. The first-order valence-electron chi connectivity index (χ1n) is 8.57. The SMILES string of the molecule is CCOC(=O)C1N=C(c2ccncc2)C(c2ccc3c(c2)CCC3=O)=N1. The first kappa shape index (κ1) is 16.3. The fraction of sp³-hybridized carbons (Fsp3) is 0.250. The molecule has 4 rings (SSSR count). The number of aliphatic imine (C=N–C) groups is 2. The Morgan fingerprint density at radius 3 is 2.54 bits per heavy atom. The molecule has 1 aliphatic heterocycles. The van der Waals surface area contributed by atoms with Crippen molar-refractivity contribution in [1.82, 2.24) is 4.98 Å². The summed E-state index contributed by atoms with van der Waals surface area (Å²) < 4.78 is 5.07. The Bertz CT molecular complexity index is 948. The molecule has 2 aliphatic rings. The molecule has 26 heavy (non-hydrogen) atoms. The van der Waals surface area contributed by atoms with Gasteiger partial charge < -0.3 is 4.74 Å². The molecule has 1 unspecified atom stereocenters. The highest BCUT2D eigenvalue weighted by molar-refractivity contribution is 6.54. The number of aromatic nitrogens is 1. The number of hydrogen-bond donors (Lipinski definition) is 0. The summed E-state index contributed by atoms with van der Waals surface area (Å²) in [5.74, 6) is -0.294. The van der Waals surface area contributed by atoms with Gasteiger partial charge in [0.2, 0.25) is 6.17 Å². The van der Waals surface area contributed by atoms with Crippen molar-refractivity contribution in [2.75, 3.05) is 6.61 Å². The maximum atomic E-state index is 12.1. The van der Waals surface area contributed by atoms with Crippen LogP contribution in [0.4, 0.5) is 0 Å². The summed E-state index contributed by atoms with van der Waals surface area (Å²) in [6.07, 6.45) is 3.73. The fourth-order valence-corrected chi connectivity index (χ4v) is 3.25. The van der Waals surface area contributed by atoms with Gasteiger partial charge in [-0.3, -0.25) is 9.78 Å². The van der Waals surface area contributed by atoms with E-state index in [1.54, 1.807) is 19.3 Å². The third-order valence-electron chi connectivity index (χ3n) is 4.48. The molecule has 130 valence electrons. The second-order valence-corrected chi connectivity index (χ2v) is 6.11. The molecule has 6 nitrogen and oxygen atoms in total. The number of rotatable bonds is 4. The van der Waals surface area contributed by atoms with Gasteiger partial charge in [0.05, 0.1) is 18.0 Å². The van der Waals surface area contributed by atoms with E-state index in [-0.39, 0.29) is 12.4 Å². The van der Waals surface area contributed by atoms with E-state index < -0.39 is 12.1 Å². The van der Waals surface area contributed by atoms with Crippen molar-refractivity contribution in [1.29, 1.82) is 0 Å². The molecular formula is C20H17N3O3. The lowest BCUT2D eigenvalue weighted by Gasteiger charge is -2.07. The van der Waals surface area contributed by atoms with Crippen LogP contribution >= 0.6 is 0 Å². The Hall–Kier alpha value is -3.15. The molecule has 1 atom stereocenters. The van der Waals surface area contributed by atoms with Gasteiger partial charge in [-0.2, -0.15) is 0 Å². The van der Waals surface area contributed by atoms with Crippen molar-refractivity contribution in [2.24, 2.45) is 9.98 Å². The average Bonchev–Trinajstić information content (AvgIpc) is 3.27. The van der Waals surface area contributed by atoms with E-state index in [1.807, 2.05) is 30.3 Å². The lowest BCUT2D eigenvalue weighted by molar-refractivity contribution is -0.144. The number of ketones is 1. The Balaban J connectivity index is 1.77. The molecule has 1 aliphatic carbocycles. The molecule has 0 fully saturated rings.